The average molecular weight is 293 g/mol. The first-order chi connectivity index (χ1) is 10.3. The van der Waals surface area contributed by atoms with Gasteiger partial charge in [0.1, 0.15) is 0 Å². The summed E-state index contributed by atoms with van der Waals surface area (Å²) < 4.78 is 11.2. The molecule has 0 aliphatic carbocycles. The molecule has 3 nitrogen and oxygen atoms in total. The maximum atomic E-state index is 5.61. The van der Waals surface area contributed by atoms with E-state index in [1.54, 1.807) is 0 Å². The normalized spacial score (nSPS) is 12.8. The molecule has 0 fully saturated rings. The molecule has 1 aromatic carbocycles. The molecule has 120 valence electrons. The first-order valence-electron chi connectivity index (χ1n) is 8.33. The van der Waals surface area contributed by atoms with Gasteiger partial charge in [0.2, 0.25) is 0 Å². The van der Waals surface area contributed by atoms with E-state index in [4.69, 9.17) is 9.47 Å². The number of nitrogens with one attached hydrogen (secondary N) is 1. The van der Waals surface area contributed by atoms with Gasteiger partial charge in [0.15, 0.2) is 6.29 Å². The molecule has 0 amide bonds. The minimum absolute atomic E-state index is 0.155. The standard InChI is InChI=1S/C18H31NO2/c1-4-7-9-14-17(16-12-10-8-11-13-16)19-15-18(20-5-2)21-6-3/h8,10-13,17-19H,4-7,9,14-15H2,1-3H3. The van der Waals surface area contributed by atoms with E-state index in [2.05, 4.69) is 42.6 Å². The van der Waals surface area contributed by atoms with Crippen LogP contribution in [0, 0.1) is 0 Å². The maximum Gasteiger partial charge on any atom is 0.169 e. The SMILES string of the molecule is CCCCCC(NCC(OCC)OCC)c1ccccc1. The van der Waals surface area contributed by atoms with Crippen molar-refractivity contribution in [1.82, 2.24) is 5.32 Å². The highest BCUT2D eigenvalue weighted by atomic mass is 16.7. The molecular weight excluding hydrogens is 262 g/mol. The number of rotatable bonds is 12. The molecule has 1 atom stereocenters. The van der Waals surface area contributed by atoms with Gasteiger partial charge in [0.25, 0.3) is 0 Å². The van der Waals surface area contributed by atoms with Gasteiger partial charge in [-0.1, -0.05) is 56.5 Å². The molecule has 0 saturated carbocycles. The summed E-state index contributed by atoms with van der Waals surface area (Å²) in [4.78, 5) is 0. The van der Waals surface area contributed by atoms with Crippen LogP contribution in [0.5, 0.6) is 0 Å². The second-order valence-corrected chi connectivity index (χ2v) is 5.21. The highest BCUT2D eigenvalue weighted by Gasteiger charge is 2.14. The second kappa shape index (κ2) is 11.7. The first kappa shape index (κ1) is 18.1. The van der Waals surface area contributed by atoms with Gasteiger partial charge < -0.3 is 14.8 Å². The van der Waals surface area contributed by atoms with E-state index in [1.807, 2.05) is 13.8 Å². The average Bonchev–Trinajstić information content (AvgIpc) is 2.52. The van der Waals surface area contributed by atoms with Gasteiger partial charge in [0, 0.05) is 25.8 Å². The third-order valence-electron chi connectivity index (χ3n) is 3.53. The van der Waals surface area contributed by atoms with E-state index in [-0.39, 0.29) is 6.29 Å². The van der Waals surface area contributed by atoms with Crippen molar-refractivity contribution in [3.63, 3.8) is 0 Å². The van der Waals surface area contributed by atoms with Gasteiger partial charge in [-0.2, -0.15) is 0 Å². The molecule has 1 aromatic rings. The lowest BCUT2D eigenvalue weighted by Crippen LogP contribution is -2.34. The van der Waals surface area contributed by atoms with Crippen molar-refractivity contribution >= 4 is 0 Å². The molecular formula is C18H31NO2. The Labute approximate surface area is 130 Å². The van der Waals surface area contributed by atoms with Crippen molar-refractivity contribution in [3.05, 3.63) is 35.9 Å². The third kappa shape index (κ3) is 7.60. The highest BCUT2D eigenvalue weighted by Crippen LogP contribution is 2.19. The van der Waals surface area contributed by atoms with Gasteiger partial charge in [0.05, 0.1) is 0 Å². The Morgan fingerprint density at radius 1 is 0.952 bits per heavy atom. The zero-order chi connectivity index (χ0) is 15.3. The number of hydrogen-bond acceptors (Lipinski definition) is 3. The summed E-state index contributed by atoms with van der Waals surface area (Å²) in [6.45, 7) is 8.33. The van der Waals surface area contributed by atoms with Gasteiger partial charge in [-0.25, -0.2) is 0 Å². The van der Waals surface area contributed by atoms with Gasteiger partial charge >= 0.3 is 0 Å². The monoisotopic (exact) mass is 293 g/mol. The zero-order valence-electron chi connectivity index (χ0n) is 13.8. The summed E-state index contributed by atoms with van der Waals surface area (Å²) >= 11 is 0. The minimum Gasteiger partial charge on any atom is -0.352 e. The van der Waals surface area contributed by atoms with E-state index in [0.717, 1.165) is 13.0 Å². The Morgan fingerprint density at radius 3 is 2.19 bits per heavy atom. The van der Waals surface area contributed by atoms with Crippen LogP contribution in [0.3, 0.4) is 0 Å². The fourth-order valence-electron chi connectivity index (χ4n) is 2.45. The minimum atomic E-state index is -0.155. The van der Waals surface area contributed by atoms with Crippen molar-refractivity contribution in [2.75, 3.05) is 19.8 Å². The second-order valence-electron chi connectivity index (χ2n) is 5.21. The van der Waals surface area contributed by atoms with Gasteiger partial charge in [-0.3, -0.25) is 0 Å². The summed E-state index contributed by atoms with van der Waals surface area (Å²) in [5, 5.41) is 3.61. The molecule has 1 N–H and O–H groups in total. The van der Waals surface area contributed by atoms with Crippen molar-refractivity contribution in [1.29, 1.82) is 0 Å². The molecule has 3 heteroatoms. The van der Waals surface area contributed by atoms with Crippen molar-refractivity contribution in [2.24, 2.45) is 0 Å². The predicted octanol–water partition coefficient (Wildman–Crippen LogP) is 4.30. The van der Waals surface area contributed by atoms with Crippen LogP contribution in [0.1, 0.15) is 58.1 Å². The Bertz CT molecular complexity index is 336. The smallest absolute Gasteiger partial charge is 0.169 e. The molecule has 0 spiro atoms. The molecule has 0 radical (unpaired) electrons. The lowest BCUT2D eigenvalue weighted by molar-refractivity contribution is -0.133. The van der Waals surface area contributed by atoms with E-state index < -0.39 is 0 Å². The molecule has 0 aliphatic rings. The summed E-state index contributed by atoms with van der Waals surface area (Å²) in [6, 6.07) is 11.0. The third-order valence-corrected chi connectivity index (χ3v) is 3.53. The lowest BCUT2D eigenvalue weighted by atomic mass is 10.0. The van der Waals surface area contributed by atoms with Crippen molar-refractivity contribution in [3.8, 4) is 0 Å². The first-order valence-corrected chi connectivity index (χ1v) is 8.33. The van der Waals surface area contributed by atoms with Crippen molar-refractivity contribution < 1.29 is 9.47 Å². The molecule has 1 unspecified atom stereocenters. The Kier molecular flexibility index (Phi) is 10.1. The summed E-state index contributed by atoms with van der Waals surface area (Å²) in [5.41, 5.74) is 1.35. The number of benzene rings is 1. The molecule has 0 saturated heterocycles. The fraction of sp³-hybridized carbons (Fsp3) is 0.667. The van der Waals surface area contributed by atoms with Crippen LogP contribution in [0.2, 0.25) is 0 Å². The van der Waals surface area contributed by atoms with Crippen LogP contribution in [-0.4, -0.2) is 26.0 Å². The molecule has 0 bridgehead atoms. The van der Waals surface area contributed by atoms with E-state index in [1.165, 1.54) is 24.8 Å². The lowest BCUT2D eigenvalue weighted by Gasteiger charge is -2.23. The fourth-order valence-corrected chi connectivity index (χ4v) is 2.45. The number of unbranched alkanes of at least 4 members (excludes halogenated alkanes) is 2. The molecule has 21 heavy (non-hydrogen) atoms. The van der Waals surface area contributed by atoms with E-state index in [0.29, 0.717) is 19.3 Å². The zero-order valence-corrected chi connectivity index (χ0v) is 13.8. The van der Waals surface area contributed by atoms with E-state index >= 15 is 0 Å². The van der Waals surface area contributed by atoms with Crippen LogP contribution in [0.25, 0.3) is 0 Å². The van der Waals surface area contributed by atoms with Crippen LogP contribution >= 0.6 is 0 Å². The highest BCUT2D eigenvalue weighted by molar-refractivity contribution is 5.18. The van der Waals surface area contributed by atoms with Crippen LogP contribution in [0.4, 0.5) is 0 Å². The van der Waals surface area contributed by atoms with Gasteiger partial charge in [-0.05, 0) is 25.8 Å². The Morgan fingerprint density at radius 2 is 1.62 bits per heavy atom. The van der Waals surface area contributed by atoms with Crippen LogP contribution in [-0.2, 0) is 9.47 Å². The largest absolute Gasteiger partial charge is 0.352 e. The molecule has 0 heterocycles. The summed E-state index contributed by atoms with van der Waals surface area (Å²) in [7, 11) is 0. The van der Waals surface area contributed by atoms with Crippen LogP contribution in [0.15, 0.2) is 30.3 Å². The predicted molar refractivity (Wildman–Crippen MR) is 88.4 cm³/mol. The summed E-state index contributed by atoms with van der Waals surface area (Å²) in [5.74, 6) is 0. The number of ether oxygens (including phenoxy) is 2. The summed E-state index contributed by atoms with van der Waals surface area (Å²) in [6.07, 6.45) is 4.78. The topological polar surface area (TPSA) is 30.5 Å². The van der Waals surface area contributed by atoms with Crippen LogP contribution < -0.4 is 5.32 Å². The van der Waals surface area contributed by atoms with Crippen molar-refractivity contribution in [2.45, 2.75) is 58.8 Å². The van der Waals surface area contributed by atoms with Gasteiger partial charge in [-0.15, -0.1) is 0 Å². The van der Waals surface area contributed by atoms with E-state index in [9.17, 15) is 0 Å². The number of hydrogen-bond donors (Lipinski definition) is 1. The maximum absolute atomic E-state index is 5.61. The quantitative estimate of drug-likeness (QED) is 0.460. The molecule has 0 aromatic heterocycles. The molecule has 0 aliphatic heterocycles. The molecule has 1 rings (SSSR count). The Balaban J connectivity index is 2.55. The Hall–Kier alpha value is -0.900.